The molecule has 0 bridgehead atoms. The average Bonchev–Trinajstić information content (AvgIpc) is 3.07. The minimum atomic E-state index is -0.297. The van der Waals surface area contributed by atoms with Crippen LogP contribution < -0.4 is 0 Å². The predicted octanol–water partition coefficient (Wildman–Crippen LogP) is 3.04. The highest BCUT2D eigenvalue weighted by Crippen LogP contribution is 2.29. The van der Waals surface area contributed by atoms with E-state index in [9.17, 15) is 9.59 Å². The summed E-state index contributed by atoms with van der Waals surface area (Å²) in [4.78, 5) is 25.4. The molecule has 1 aliphatic heterocycles. The lowest BCUT2D eigenvalue weighted by Crippen LogP contribution is -2.25. The van der Waals surface area contributed by atoms with E-state index in [1.807, 2.05) is 6.07 Å². The largest absolute Gasteiger partial charge is 0.514 e. The quantitative estimate of drug-likeness (QED) is 0.494. The summed E-state index contributed by atoms with van der Waals surface area (Å²) in [5.41, 5.74) is 0.680. The van der Waals surface area contributed by atoms with Crippen molar-refractivity contribution in [1.29, 1.82) is 0 Å². The molecule has 0 unspecified atom stereocenters. The molecule has 7 heteroatoms. The van der Waals surface area contributed by atoms with Gasteiger partial charge < -0.3 is 14.7 Å². The molecule has 0 saturated carbocycles. The molecular weight excluding hydrogens is 310 g/mol. The Bertz CT molecular complexity index is 553. The zero-order valence-electron chi connectivity index (χ0n) is 11.7. The van der Waals surface area contributed by atoms with E-state index in [2.05, 4.69) is 0 Å². The third-order valence-corrected chi connectivity index (χ3v) is 5.28. The number of amides is 1. The maximum absolute atomic E-state index is 11.7. The van der Waals surface area contributed by atoms with E-state index in [0.717, 1.165) is 10.5 Å². The molecule has 1 aromatic heterocycles. The van der Waals surface area contributed by atoms with Gasteiger partial charge in [0.2, 0.25) is 5.91 Å². The van der Waals surface area contributed by atoms with Gasteiger partial charge >= 0.3 is 5.97 Å². The highest BCUT2D eigenvalue weighted by atomic mass is 32.2. The van der Waals surface area contributed by atoms with E-state index in [1.54, 1.807) is 29.7 Å². The molecule has 1 amide bonds. The molecule has 2 heterocycles. The number of ether oxygens (including phenoxy) is 1. The van der Waals surface area contributed by atoms with E-state index >= 15 is 0 Å². The van der Waals surface area contributed by atoms with Crippen LogP contribution >= 0.6 is 23.1 Å². The zero-order chi connectivity index (χ0) is 15.2. The number of carbonyl (C=O) groups excluding carboxylic acids is 2. The molecule has 0 spiro atoms. The molecule has 1 aliphatic rings. The summed E-state index contributed by atoms with van der Waals surface area (Å²) in [5, 5.41) is 9.07. The number of thioether (sulfide) groups is 1. The van der Waals surface area contributed by atoms with Crippen LogP contribution in [0, 0.1) is 0 Å². The van der Waals surface area contributed by atoms with E-state index in [4.69, 9.17) is 9.84 Å². The van der Waals surface area contributed by atoms with Crippen LogP contribution in [0.2, 0.25) is 0 Å². The van der Waals surface area contributed by atoms with Crippen LogP contribution in [-0.4, -0.2) is 40.8 Å². The minimum absolute atomic E-state index is 0.0503. The van der Waals surface area contributed by atoms with Crippen molar-refractivity contribution in [2.75, 3.05) is 18.9 Å². The van der Waals surface area contributed by atoms with Crippen LogP contribution in [0.15, 0.2) is 28.3 Å². The summed E-state index contributed by atoms with van der Waals surface area (Å²) in [6.07, 6.45) is 2.08. The van der Waals surface area contributed by atoms with E-state index in [-0.39, 0.29) is 11.9 Å². The summed E-state index contributed by atoms with van der Waals surface area (Å²) in [6, 6.07) is 3.64. The number of thiophene rings is 1. The van der Waals surface area contributed by atoms with E-state index in [1.165, 1.54) is 11.3 Å². The second-order valence-electron chi connectivity index (χ2n) is 4.35. The van der Waals surface area contributed by atoms with Gasteiger partial charge in [0.1, 0.15) is 4.88 Å². The highest BCUT2D eigenvalue weighted by molar-refractivity contribution is 8.01. The lowest BCUT2D eigenvalue weighted by Gasteiger charge is -2.16. The van der Waals surface area contributed by atoms with Crippen molar-refractivity contribution in [3.8, 4) is 0 Å². The number of hydrogen-bond donors (Lipinski definition) is 1. The van der Waals surface area contributed by atoms with Gasteiger partial charge in [-0.3, -0.25) is 4.79 Å². The topological polar surface area (TPSA) is 66.8 Å². The Labute approximate surface area is 131 Å². The Morgan fingerprint density at radius 2 is 2.33 bits per heavy atom. The second kappa shape index (κ2) is 7.51. The first kappa shape index (κ1) is 15.9. The molecule has 114 valence electrons. The first-order chi connectivity index (χ1) is 10.2. The van der Waals surface area contributed by atoms with Gasteiger partial charge in [-0.15, -0.1) is 23.1 Å². The van der Waals surface area contributed by atoms with Gasteiger partial charge in [-0.2, -0.15) is 0 Å². The fourth-order valence-corrected chi connectivity index (χ4v) is 4.04. The summed E-state index contributed by atoms with van der Waals surface area (Å²) in [7, 11) is 0. The number of aliphatic hydroxyl groups is 1. The van der Waals surface area contributed by atoms with E-state index in [0.29, 0.717) is 42.3 Å². The number of likely N-dealkylation sites (tertiary alicyclic amines) is 1. The molecule has 1 N–H and O–H groups in total. The Morgan fingerprint density at radius 3 is 3.05 bits per heavy atom. The fourth-order valence-electron chi connectivity index (χ4n) is 2.01. The molecule has 0 aliphatic carbocycles. The third kappa shape index (κ3) is 4.01. The van der Waals surface area contributed by atoms with Crippen LogP contribution in [0.5, 0.6) is 0 Å². The second-order valence-corrected chi connectivity index (χ2v) is 6.83. The van der Waals surface area contributed by atoms with Crippen LogP contribution in [0.3, 0.4) is 0 Å². The minimum Gasteiger partial charge on any atom is -0.514 e. The van der Waals surface area contributed by atoms with Crippen molar-refractivity contribution >= 4 is 35.0 Å². The van der Waals surface area contributed by atoms with E-state index < -0.39 is 0 Å². The molecule has 21 heavy (non-hydrogen) atoms. The summed E-state index contributed by atoms with van der Waals surface area (Å²) in [6.45, 7) is 2.70. The Morgan fingerprint density at radius 1 is 1.52 bits per heavy atom. The third-order valence-electron chi connectivity index (χ3n) is 3.01. The first-order valence-corrected chi connectivity index (χ1v) is 8.49. The number of hydrogen-bond acceptors (Lipinski definition) is 6. The highest BCUT2D eigenvalue weighted by Gasteiger charge is 2.25. The normalized spacial score (nSPS) is 16.7. The van der Waals surface area contributed by atoms with Crippen molar-refractivity contribution in [1.82, 2.24) is 4.90 Å². The lowest BCUT2D eigenvalue weighted by atomic mass is 10.3. The Kier molecular flexibility index (Phi) is 5.69. The Hall–Kier alpha value is -1.47. The molecule has 0 aromatic carbocycles. The standard InChI is InChI=1S/C14H17NO4S2/c1-2-19-14(18)11-4-6-13(21-11)20-8-7-15-10(9-16)3-5-12(15)17/h4,6,9,16H,2-3,5,7-8H2,1H3/b10-9-. The van der Waals surface area contributed by atoms with Gasteiger partial charge in [0.25, 0.3) is 0 Å². The van der Waals surface area contributed by atoms with Crippen molar-refractivity contribution in [2.45, 2.75) is 24.0 Å². The molecular formula is C14H17NO4S2. The molecule has 0 atom stereocenters. The molecule has 0 radical (unpaired) electrons. The van der Waals surface area contributed by atoms with Gasteiger partial charge in [-0.1, -0.05) is 0 Å². The van der Waals surface area contributed by atoms with Gasteiger partial charge in [0.15, 0.2) is 0 Å². The van der Waals surface area contributed by atoms with Crippen molar-refractivity contribution in [3.63, 3.8) is 0 Å². The maximum atomic E-state index is 11.7. The molecule has 2 rings (SSSR count). The van der Waals surface area contributed by atoms with Crippen molar-refractivity contribution < 1.29 is 19.4 Å². The van der Waals surface area contributed by atoms with Gasteiger partial charge in [0.05, 0.1) is 22.8 Å². The summed E-state index contributed by atoms with van der Waals surface area (Å²) in [5.74, 6) is 0.468. The number of rotatable bonds is 6. The van der Waals surface area contributed by atoms with Crippen LogP contribution in [0.4, 0.5) is 0 Å². The smallest absolute Gasteiger partial charge is 0.348 e. The van der Waals surface area contributed by atoms with Gasteiger partial charge in [0, 0.05) is 18.7 Å². The average molecular weight is 327 g/mol. The number of aliphatic hydroxyl groups excluding tert-OH is 1. The lowest BCUT2D eigenvalue weighted by molar-refractivity contribution is -0.126. The predicted molar refractivity (Wildman–Crippen MR) is 82.7 cm³/mol. The van der Waals surface area contributed by atoms with Crippen molar-refractivity contribution in [2.24, 2.45) is 0 Å². The van der Waals surface area contributed by atoms with Crippen LogP contribution in [0.1, 0.15) is 29.4 Å². The Balaban J connectivity index is 1.84. The van der Waals surface area contributed by atoms with Gasteiger partial charge in [-0.05, 0) is 25.5 Å². The maximum Gasteiger partial charge on any atom is 0.348 e. The molecule has 1 saturated heterocycles. The number of carbonyl (C=O) groups is 2. The molecule has 5 nitrogen and oxygen atoms in total. The number of esters is 1. The summed E-state index contributed by atoms with van der Waals surface area (Å²) >= 11 is 2.98. The first-order valence-electron chi connectivity index (χ1n) is 6.69. The molecule has 1 fully saturated rings. The van der Waals surface area contributed by atoms with Crippen LogP contribution in [-0.2, 0) is 9.53 Å². The number of allylic oxidation sites excluding steroid dienone is 1. The fraction of sp³-hybridized carbons (Fsp3) is 0.429. The summed E-state index contributed by atoms with van der Waals surface area (Å²) < 4.78 is 5.96. The van der Waals surface area contributed by atoms with Crippen molar-refractivity contribution in [3.05, 3.63) is 29.0 Å². The molecule has 1 aromatic rings. The zero-order valence-corrected chi connectivity index (χ0v) is 13.3. The van der Waals surface area contributed by atoms with Crippen LogP contribution in [0.25, 0.3) is 0 Å². The number of nitrogens with zero attached hydrogens (tertiary/aromatic N) is 1. The SMILES string of the molecule is CCOC(=O)c1ccc(SCCN2C(=O)CC/C2=C/O)s1. The monoisotopic (exact) mass is 327 g/mol. The van der Waals surface area contributed by atoms with Gasteiger partial charge in [-0.25, -0.2) is 4.79 Å².